The Morgan fingerprint density at radius 1 is 1.14 bits per heavy atom. The van der Waals surface area contributed by atoms with Crippen molar-refractivity contribution in [2.24, 2.45) is 0 Å². The van der Waals surface area contributed by atoms with Crippen molar-refractivity contribution in [2.75, 3.05) is 38.2 Å². The van der Waals surface area contributed by atoms with E-state index in [0.717, 1.165) is 43.2 Å². The van der Waals surface area contributed by atoms with Crippen molar-refractivity contribution in [2.45, 2.75) is 38.8 Å². The molecule has 4 heterocycles. The van der Waals surface area contributed by atoms with Crippen LogP contribution in [-0.4, -0.2) is 58.3 Å². The molecule has 0 amide bonds. The Labute approximate surface area is 167 Å². The third-order valence-electron chi connectivity index (χ3n) is 5.55. The van der Waals surface area contributed by atoms with E-state index in [1.807, 2.05) is 11.3 Å². The molecule has 3 aromatic heterocycles. The molecule has 0 N–H and O–H groups in total. The van der Waals surface area contributed by atoms with E-state index in [-0.39, 0.29) is 0 Å². The molecule has 0 spiro atoms. The normalized spacial score (nSPS) is 18.0. The molecule has 1 saturated heterocycles. The zero-order valence-electron chi connectivity index (χ0n) is 16.1. The van der Waals surface area contributed by atoms with Crippen molar-refractivity contribution in [1.29, 1.82) is 0 Å². The Balaban J connectivity index is 1.29. The van der Waals surface area contributed by atoms with Crippen LogP contribution in [0, 0.1) is 0 Å². The molecule has 0 bridgehead atoms. The van der Waals surface area contributed by atoms with Gasteiger partial charge in [0.2, 0.25) is 5.89 Å². The Morgan fingerprint density at radius 2 is 2.00 bits per heavy atom. The summed E-state index contributed by atoms with van der Waals surface area (Å²) < 4.78 is 10.4. The Kier molecular flexibility index (Phi) is 4.96. The van der Waals surface area contributed by atoms with Gasteiger partial charge in [0.1, 0.15) is 23.6 Å². The lowest BCUT2D eigenvalue weighted by Gasteiger charge is -2.35. The second-order valence-corrected chi connectivity index (χ2v) is 8.47. The molecule has 3 aromatic rings. The number of piperazine rings is 1. The minimum Gasteiger partial charge on any atom is -0.377 e. The van der Waals surface area contributed by atoms with E-state index in [0.29, 0.717) is 24.9 Å². The topological polar surface area (TPSA) is 80.4 Å². The first-order valence-corrected chi connectivity index (χ1v) is 10.7. The van der Waals surface area contributed by atoms with Crippen molar-refractivity contribution in [1.82, 2.24) is 25.0 Å². The number of ether oxygens (including phenoxy) is 1. The summed E-state index contributed by atoms with van der Waals surface area (Å²) in [5.41, 5.74) is 1.50. The highest BCUT2D eigenvalue weighted by molar-refractivity contribution is 7.19. The van der Waals surface area contributed by atoms with Crippen molar-refractivity contribution < 1.29 is 9.26 Å². The summed E-state index contributed by atoms with van der Waals surface area (Å²) in [6.07, 6.45) is 6.65. The summed E-state index contributed by atoms with van der Waals surface area (Å²) in [6, 6.07) is 0. The van der Waals surface area contributed by atoms with Crippen molar-refractivity contribution in [3.05, 3.63) is 28.5 Å². The van der Waals surface area contributed by atoms with Crippen LogP contribution in [0.25, 0.3) is 10.2 Å². The number of hydrogen-bond donors (Lipinski definition) is 0. The predicted octanol–water partition coefficient (Wildman–Crippen LogP) is 2.42. The fourth-order valence-corrected chi connectivity index (χ4v) is 5.39. The molecule has 1 fully saturated rings. The molecular weight excluding hydrogens is 376 g/mol. The summed E-state index contributed by atoms with van der Waals surface area (Å²) in [5, 5.41) is 5.24. The zero-order valence-corrected chi connectivity index (χ0v) is 16.9. The third kappa shape index (κ3) is 3.38. The zero-order chi connectivity index (χ0) is 18.9. The molecule has 1 aliphatic heterocycles. The highest BCUT2D eigenvalue weighted by Crippen LogP contribution is 2.39. The lowest BCUT2D eigenvalue weighted by Crippen LogP contribution is -2.46. The highest BCUT2D eigenvalue weighted by atomic mass is 32.1. The molecule has 0 unspecified atom stereocenters. The van der Waals surface area contributed by atoms with Gasteiger partial charge in [-0.05, 0) is 31.2 Å². The molecular formula is C19H24N6O2S. The predicted molar refractivity (Wildman–Crippen MR) is 107 cm³/mol. The van der Waals surface area contributed by atoms with Gasteiger partial charge in [-0.15, -0.1) is 11.3 Å². The van der Waals surface area contributed by atoms with Crippen LogP contribution in [0.3, 0.4) is 0 Å². The fourth-order valence-electron chi connectivity index (χ4n) is 4.16. The van der Waals surface area contributed by atoms with Crippen LogP contribution in [0.4, 0.5) is 5.82 Å². The number of nitrogens with zero attached hydrogens (tertiary/aromatic N) is 6. The monoisotopic (exact) mass is 400 g/mol. The van der Waals surface area contributed by atoms with Gasteiger partial charge >= 0.3 is 0 Å². The second kappa shape index (κ2) is 7.73. The van der Waals surface area contributed by atoms with E-state index in [1.54, 1.807) is 13.4 Å². The van der Waals surface area contributed by atoms with E-state index in [1.165, 1.54) is 35.1 Å². The highest BCUT2D eigenvalue weighted by Gasteiger charge is 2.25. The quantitative estimate of drug-likeness (QED) is 0.646. The molecule has 0 aromatic carbocycles. The van der Waals surface area contributed by atoms with E-state index in [2.05, 4.69) is 24.9 Å². The van der Waals surface area contributed by atoms with E-state index in [4.69, 9.17) is 14.2 Å². The number of methoxy groups -OCH3 is 1. The molecule has 28 heavy (non-hydrogen) atoms. The lowest BCUT2D eigenvalue weighted by molar-refractivity contribution is 0.174. The molecule has 0 saturated carbocycles. The van der Waals surface area contributed by atoms with Gasteiger partial charge in [-0.25, -0.2) is 9.97 Å². The number of aryl methyl sites for hydroxylation is 2. The molecule has 9 heteroatoms. The second-order valence-electron chi connectivity index (χ2n) is 7.39. The summed E-state index contributed by atoms with van der Waals surface area (Å²) in [6.45, 7) is 4.83. The first kappa shape index (κ1) is 18.0. The maximum atomic E-state index is 5.33. The van der Waals surface area contributed by atoms with Crippen LogP contribution in [0.15, 0.2) is 10.9 Å². The Hall–Kier alpha value is -2.10. The van der Waals surface area contributed by atoms with Gasteiger partial charge < -0.3 is 14.2 Å². The third-order valence-corrected chi connectivity index (χ3v) is 6.75. The molecule has 8 nitrogen and oxygen atoms in total. The van der Waals surface area contributed by atoms with Crippen molar-refractivity contribution >= 4 is 27.4 Å². The number of thiophene rings is 1. The summed E-state index contributed by atoms with van der Waals surface area (Å²) in [4.78, 5) is 21.1. The number of aromatic nitrogens is 4. The van der Waals surface area contributed by atoms with Crippen molar-refractivity contribution in [3.8, 4) is 0 Å². The lowest BCUT2D eigenvalue weighted by atomic mass is 9.97. The van der Waals surface area contributed by atoms with Crippen LogP contribution in [0.2, 0.25) is 0 Å². The summed E-state index contributed by atoms with van der Waals surface area (Å²) in [5.74, 6) is 2.36. The molecule has 148 valence electrons. The standard InChI is InChI=1S/C19H24N6O2S/c1-26-11-15-22-16(27-23-15)10-24-6-8-25(9-7-24)18-17-13-4-2-3-5-14(13)28-19(17)21-12-20-18/h12H,2-11H2,1H3. The number of hydrogen-bond acceptors (Lipinski definition) is 9. The van der Waals surface area contributed by atoms with Gasteiger partial charge in [-0.2, -0.15) is 4.98 Å². The van der Waals surface area contributed by atoms with Crippen molar-refractivity contribution in [3.63, 3.8) is 0 Å². The van der Waals surface area contributed by atoms with Gasteiger partial charge in [0.05, 0.1) is 11.9 Å². The van der Waals surface area contributed by atoms with Crippen LogP contribution in [0.1, 0.15) is 35.0 Å². The Morgan fingerprint density at radius 3 is 2.86 bits per heavy atom. The Bertz CT molecular complexity index is 963. The van der Waals surface area contributed by atoms with Crippen LogP contribution in [0.5, 0.6) is 0 Å². The first-order valence-electron chi connectivity index (χ1n) is 9.85. The van der Waals surface area contributed by atoms with Crippen LogP contribution in [-0.2, 0) is 30.7 Å². The van der Waals surface area contributed by atoms with E-state index >= 15 is 0 Å². The summed E-state index contributed by atoms with van der Waals surface area (Å²) >= 11 is 1.86. The van der Waals surface area contributed by atoms with Gasteiger partial charge in [-0.1, -0.05) is 5.16 Å². The first-order chi connectivity index (χ1) is 13.8. The molecule has 0 radical (unpaired) electrons. The van der Waals surface area contributed by atoms with Gasteiger partial charge in [0.25, 0.3) is 0 Å². The largest absolute Gasteiger partial charge is 0.377 e. The van der Waals surface area contributed by atoms with Crippen LogP contribution < -0.4 is 4.90 Å². The van der Waals surface area contributed by atoms with E-state index in [9.17, 15) is 0 Å². The SMILES string of the molecule is COCc1noc(CN2CCN(c3ncnc4sc5c(c34)CCCC5)CC2)n1. The molecule has 1 aliphatic carbocycles. The van der Waals surface area contributed by atoms with E-state index < -0.39 is 0 Å². The molecule has 0 atom stereocenters. The maximum Gasteiger partial charge on any atom is 0.240 e. The number of anilines is 1. The minimum atomic E-state index is 0.381. The molecule has 2 aliphatic rings. The smallest absolute Gasteiger partial charge is 0.240 e. The van der Waals surface area contributed by atoms with Gasteiger partial charge in [0.15, 0.2) is 5.82 Å². The van der Waals surface area contributed by atoms with Crippen LogP contribution >= 0.6 is 11.3 Å². The fraction of sp³-hybridized carbons (Fsp3) is 0.579. The average molecular weight is 401 g/mol. The average Bonchev–Trinajstić information content (AvgIpc) is 3.33. The molecule has 5 rings (SSSR count). The maximum absolute atomic E-state index is 5.33. The minimum absolute atomic E-state index is 0.381. The number of rotatable bonds is 5. The number of fused-ring (bicyclic) bond motifs is 3. The van der Waals surface area contributed by atoms with Gasteiger partial charge in [0, 0.05) is 38.2 Å². The summed E-state index contributed by atoms with van der Waals surface area (Å²) in [7, 11) is 1.63. The van der Waals surface area contributed by atoms with Gasteiger partial charge in [-0.3, -0.25) is 4.90 Å².